The zero-order chi connectivity index (χ0) is 17.9. The van der Waals surface area contributed by atoms with Crippen LogP contribution in [-0.2, 0) is 0 Å². The van der Waals surface area contributed by atoms with Crippen molar-refractivity contribution in [3.8, 4) is 0 Å². The van der Waals surface area contributed by atoms with Crippen LogP contribution in [0.3, 0.4) is 0 Å². The molecule has 2 nitrogen and oxygen atoms in total. The average Bonchev–Trinajstić information content (AvgIpc) is 3.06. The first-order valence-corrected chi connectivity index (χ1v) is 12.2. The molecule has 2 rings (SSSR count). The van der Waals surface area contributed by atoms with Gasteiger partial charge in [0.15, 0.2) is 5.11 Å². The number of benzene rings is 1. The van der Waals surface area contributed by atoms with E-state index < -0.39 is 0 Å². The highest BCUT2D eigenvalue weighted by molar-refractivity contribution is 14.1. The smallest absolute Gasteiger partial charge is 0.174 e. The molecule has 1 aliphatic heterocycles. The lowest BCUT2D eigenvalue weighted by atomic mass is 10.1. The van der Waals surface area contributed by atoms with Crippen molar-refractivity contribution < 1.29 is 0 Å². The Kier molecular flexibility index (Phi) is 10.6. The van der Waals surface area contributed by atoms with Crippen LogP contribution >= 0.6 is 46.6 Å². The Morgan fingerprint density at radius 2 is 1.92 bits per heavy atom. The topological polar surface area (TPSA) is 15.3 Å². The van der Waals surface area contributed by atoms with Crippen LogP contribution in [-0.4, -0.2) is 27.7 Å². The number of halogens is 1. The number of hydrogen-bond donors (Lipinski definition) is 1. The normalized spacial score (nSPS) is 17.0. The van der Waals surface area contributed by atoms with Crippen molar-refractivity contribution in [1.82, 2.24) is 4.90 Å². The van der Waals surface area contributed by atoms with Crippen molar-refractivity contribution in [2.24, 2.45) is 0 Å². The maximum Gasteiger partial charge on any atom is 0.174 e. The highest BCUT2D eigenvalue weighted by Crippen LogP contribution is 2.29. The van der Waals surface area contributed by atoms with E-state index in [9.17, 15) is 0 Å². The van der Waals surface area contributed by atoms with Crippen LogP contribution in [0, 0.1) is 3.57 Å². The van der Waals surface area contributed by atoms with Gasteiger partial charge in [0.25, 0.3) is 0 Å². The number of nitrogens with zero attached hydrogens (tertiary/aromatic N) is 1. The fourth-order valence-corrected chi connectivity index (χ4v) is 5.45. The van der Waals surface area contributed by atoms with Crippen molar-refractivity contribution in [1.29, 1.82) is 0 Å². The van der Waals surface area contributed by atoms with Crippen LogP contribution in [0.2, 0.25) is 0 Å². The molecule has 1 unspecified atom stereocenters. The Hall–Kier alpha value is -0.0100. The van der Waals surface area contributed by atoms with Gasteiger partial charge >= 0.3 is 0 Å². The molecule has 0 aliphatic carbocycles. The van der Waals surface area contributed by atoms with E-state index in [0.717, 1.165) is 17.3 Å². The number of rotatable bonds is 10. The molecule has 0 aromatic heterocycles. The Bertz CT molecular complexity index is 524. The van der Waals surface area contributed by atoms with Gasteiger partial charge in [-0.25, -0.2) is 0 Å². The van der Waals surface area contributed by atoms with Crippen LogP contribution in [0.25, 0.3) is 0 Å². The number of unbranched alkanes of at least 4 members (excludes halogenated alkanes) is 7. The zero-order valence-electron chi connectivity index (χ0n) is 15.3. The Labute approximate surface area is 177 Å². The van der Waals surface area contributed by atoms with E-state index >= 15 is 0 Å². The number of thiocarbonyl (C=S) groups is 1. The molecule has 0 spiro atoms. The molecule has 140 valence electrons. The van der Waals surface area contributed by atoms with E-state index in [-0.39, 0.29) is 0 Å². The van der Waals surface area contributed by atoms with E-state index in [1.807, 2.05) is 0 Å². The quantitative estimate of drug-likeness (QED) is 0.218. The van der Waals surface area contributed by atoms with Crippen LogP contribution in [0.1, 0.15) is 64.7 Å². The fraction of sp³-hybridized carbons (Fsp3) is 0.650. The first kappa shape index (κ1) is 21.3. The Morgan fingerprint density at radius 3 is 2.64 bits per heavy atom. The minimum Gasteiger partial charge on any atom is -0.336 e. The van der Waals surface area contributed by atoms with Crippen molar-refractivity contribution in [3.63, 3.8) is 0 Å². The van der Waals surface area contributed by atoms with Gasteiger partial charge in [0.2, 0.25) is 0 Å². The monoisotopic (exact) mass is 490 g/mol. The summed E-state index contributed by atoms with van der Waals surface area (Å²) in [5, 5.41) is 4.87. The third kappa shape index (κ3) is 8.04. The van der Waals surface area contributed by atoms with E-state index in [4.69, 9.17) is 12.2 Å². The molecular formula is C20H31IN2S2. The lowest BCUT2D eigenvalue weighted by Gasteiger charge is -2.27. The Morgan fingerprint density at radius 1 is 1.20 bits per heavy atom. The van der Waals surface area contributed by atoms with Gasteiger partial charge < -0.3 is 10.2 Å². The second-order valence-corrected chi connectivity index (χ2v) is 9.64. The minimum atomic E-state index is 0.558. The van der Waals surface area contributed by atoms with Gasteiger partial charge in [-0.15, -0.1) is 11.8 Å². The predicted molar refractivity (Wildman–Crippen MR) is 126 cm³/mol. The molecule has 1 aromatic carbocycles. The molecule has 1 aromatic rings. The molecule has 25 heavy (non-hydrogen) atoms. The maximum atomic E-state index is 5.68. The van der Waals surface area contributed by atoms with Crippen LogP contribution in [0.5, 0.6) is 0 Å². The molecule has 1 fully saturated rings. The van der Waals surface area contributed by atoms with Crippen LogP contribution in [0.4, 0.5) is 5.69 Å². The second-order valence-electron chi connectivity index (χ2n) is 6.72. The van der Waals surface area contributed by atoms with Gasteiger partial charge in [0.1, 0.15) is 0 Å². The summed E-state index contributed by atoms with van der Waals surface area (Å²) in [7, 11) is 0. The first-order valence-electron chi connectivity index (χ1n) is 9.65. The molecule has 1 aliphatic rings. The number of nitrogens with one attached hydrogen (secondary N) is 1. The molecule has 5 heteroatoms. The standard InChI is InChI=1S/C20H31IN2S2/c1-2-3-4-5-6-7-8-9-13-19-23(14-15-25-19)20(24)22-18-12-10-11-17(21)16-18/h10-12,16,19H,2-9,13-15H2,1H3,(H,22,24). The van der Waals surface area contributed by atoms with E-state index in [1.165, 1.54) is 67.1 Å². The summed E-state index contributed by atoms with van der Waals surface area (Å²) < 4.78 is 1.23. The lowest BCUT2D eigenvalue weighted by Crippen LogP contribution is -2.37. The summed E-state index contributed by atoms with van der Waals surface area (Å²) >= 11 is 10.1. The fourth-order valence-electron chi connectivity index (χ4n) is 3.21. The van der Waals surface area contributed by atoms with Gasteiger partial charge in [0.05, 0.1) is 5.37 Å². The van der Waals surface area contributed by atoms with E-state index in [2.05, 4.69) is 75.8 Å². The van der Waals surface area contributed by atoms with Crippen molar-refractivity contribution in [2.75, 3.05) is 17.6 Å². The van der Waals surface area contributed by atoms with Gasteiger partial charge in [0, 0.05) is 21.6 Å². The summed E-state index contributed by atoms with van der Waals surface area (Å²) in [6, 6.07) is 8.41. The SMILES string of the molecule is CCCCCCCCCCC1SCCN1C(=S)Nc1cccc(I)c1. The third-order valence-electron chi connectivity index (χ3n) is 4.63. The molecule has 1 N–H and O–H groups in total. The van der Waals surface area contributed by atoms with E-state index in [0.29, 0.717) is 5.37 Å². The summed E-state index contributed by atoms with van der Waals surface area (Å²) in [6.07, 6.45) is 12.3. The van der Waals surface area contributed by atoms with Crippen LogP contribution in [0.15, 0.2) is 24.3 Å². The molecule has 1 atom stereocenters. The maximum absolute atomic E-state index is 5.68. The van der Waals surface area contributed by atoms with Crippen molar-refractivity contribution >= 4 is 57.4 Å². The third-order valence-corrected chi connectivity index (χ3v) is 6.93. The van der Waals surface area contributed by atoms with Gasteiger partial charge in [-0.05, 0) is 59.4 Å². The molecule has 0 bridgehead atoms. The summed E-state index contributed by atoms with van der Waals surface area (Å²) in [5.41, 5.74) is 1.10. The summed E-state index contributed by atoms with van der Waals surface area (Å²) in [6.45, 7) is 3.35. The molecular weight excluding hydrogens is 459 g/mol. The van der Waals surface area contributed by atoms with Gasteiger partial charge in [-0.3, -0.25) is 0 Å². The average molecular weight is 491 g/mol. The molecule has 1 saturated heterocycles. The number of hydrogen-bond acceptors (Lipinski definition) is 2. The second kappa shape index (κ2) is 12.4. The molecule has 0 saturated carbocycles. The molecule has 1 heterocycles. The number of anilines is 1. The Balaban J connectivity index is 1.66. The van der Waals surface area contributed by atoms with Gasteiger partial charge in [-0.1, -0.05) is 64.4 Å². The summed E-state index contributed by atoms with van der Waals surface area (Å²) in [5.74, 6) is 1.19. The largest absolute Gasteiger partial charge is 0.336 e. The predicted octanol–water partition coefficient (Wildman–Crippen LogP) is 6.89. The number of thioether (sulfide) groups is 1. The highest BCUT2D eigenvalue weighted by Gasteiger charge is 2.26. The highest BCUT2D eigenvalue weighted by atomic mass is 127. The zero-order valence-corrected chi connectivity index (χ0v) is 19.1. The van der Waals surface area contributed by atoms with Crippen LogP contribution < -0.4 is 5.32 Å². The van der Waals surface area contributed by atoms with Crippen molar-refractivity contribution in [3.05, 3.63) is 27.8 Å². The summed E-state index contributed by atoms with van der Waals surface area (Å²) in [4.78, 5) is 2.39. The molecule has 0 radical (unpaired) electrons. The molecule has 0 amide bonds. The van der Waals surface area contributed by atoms with Gasteiger partial charge in [-0.2, -0.15) is 0 Å². The minimum absolute atomic E-state index is 0.558. The lowest BCUT2D eigenvalue weighted by molar-refractivity contribution is 0.412. The van der Waals surface area contributed by atoms with E-state index in [1.54, 1.807) is 0 Å². The van der Waals surface area contributed by atoms with Crippen molar-refractivity contribution in [2.45, 2.75) is 70.1 Å². The first-order chi connectivity index (χ1) is 12.2.